The summed E-state index contributed by atoms with van der Waals surface area (Å²) in [6, 6.07) is 9.62. The van der Waals surface area contributed by atoms with E-state index in [1.165, 1.54) is 4.88 Å². The lowest BCUT2D eigenvalue weighted by molar-refractivity contribution is -0.116. The molecule has 0 saturated heterocycles. The number of aryl methyl sites for hydroxylation is 1. The van der Waals surface area contributed by atoms with Crippen LogP contribution in [0.15, 0.2) is 40.7 Å². The van der Waals surface area contributed by atoms with Crippen LogP contribution in [-0.4, -0.2) is 25.0 Å². The quantitative estimate of drug-likeness (QED) is 0.296. The third-order valence-electron chi connectivity index (χ3n) is 3.36. The fraction of sp³-hybridized carbons (Fsp3) is 0.333. The molecule has 142 valence electrons. The molecule has 1 aromatic carbocycles. The zero-order chi connectivity index (χ0) is 18.1. The highest BCUT2D eigenvalue weighted by Gasteiger charge is 2.06. The number of carbonyl (C=O) groups is 1. The number of halogens is 2. The summed E-state index contributed by atoms with van der Waals surface area (Å²) < 4.78 is 0. The number of carbonyl (C=O) groups excluding carboxylic acids is 1. The van der Waals surface area contributed by atoms with Gasteiger partial charge < -0.3 is 16.0 Å². The minimum Gasteiger partial charge on any atom is -0.357 e. The van der Waals surface area contributed by atoms with Crippen LogP contribution in [0, 0.1) is 6.92 Å². The lowest BCUT2D eigenvalue weighted by Crippen LogP contribution is -2.38. The number of nitrogens with zero attached hydrogens (tertiary/aromatic N) is 1. The van der Waals surface area contributed by atoms with Crippen molar-refractivity contribution >= 4 is 64.5 Å². The van der Waals surface area contributed by atoms with E-state index >= 15 is 0 Å². The van der Waals surface area contributed by atoms with Crippen molar-refractivity contribution in [1.82, 2.24) is 10.6 Å². The molecule has 8 heteroatoms. The van der Waals surface area contributed by atoms with Gasteiger partial charge in [0.2, 0.25) is 5.91 Å². The molecule has 0 aliphatic heterocycles. The van der Waals surface area contributed by atoms with Gasteiger partial charge in [-0.25, -0.2) is 4.99 Å². The first kappa shape index (κ1) is 22.7. The van der Waals surface area contributed by atoms with Gasteiger partial charge in [-0.05, 0) is 43.0 Å². The van der Waals surface area contributed by atoms with Crippen molar-refractivity contribution < 1.29 is 4.79 Å². The van der Waals surface area contributed by atoms with Crippen molar-refractivity contribution in [3.63, 3.8) is 0 Å². The van der Waals surface area contributed by atoms with E-state index in [-0.39, 0.29) is 29.9 Å². The number of aliphatic imine (C=N–C) groups is 1. The molecule has 2 rings (SSSR count). The van der Waals surface area contributed by atoms with Crippen LogP contribution >= 0.6 is 46.9 Å². The first-order valence-corrected chi connectivity index (χ1v) is 9.45. The first-order valence-electron chi connectivity index (χ1n) is 8.19. The van der Waals surface area contributed by atoms with E-state index in [9.17, 15) is 4.79 Å². The minimum atomic E-state index is -0.0904. The monoisotopic (exact) mass is 506 g/mol. The predicted octanol–water partition coefficient (Wildman–Crippen LogP) is 4.41. The van der Waals surface area contributed by atoms with Gasteiger partial charge in [-0.2, -0.15) is 0 Å². The van der Waals surface area contributed by atoms with Crippen LogP contribution in [0.3, 0.4) is 0 Å². The normalized spacial score (nSPS) is 10.8. The van der Waals surface area contributed by atoms with Crippen molar-refractivity contribution in [1.29, 1.82) is 0 Å². The summed E-state index contributed by atoms with van der Waals surface area (Å²) in [5, 5.41) is 11.8. The second kappa shape index (κ2) is 12.1. The maximum absolute atomic E-state index is 12.1. The maximum Gasteiger partial charge on any atom is 0.226 e. The highest BCUT2D eigenvalue weighted by atomic mass is 127. The second-order valence-electron chi connectivity index (χ2n) is 5.48. The molecule has 2 aromatic rings. The smallest absolute Gasteiger partial charge is 0.226 e. The standard InChI is InChI=1S/C18H23ClN4OS.HI/c1-3-20-18(22-12-14-5-4-10-25-14)21-9-8-17(24)23-16-7-6-13(2)11-15(16)19;/h4-7,10-11H,3,8-9,12H2,1-2H3,(H,23,24)(H2,20,21,22);1H. The lowest BCUT2D eigenvalue weighted by atomic mass is 10.2. The Balaban J connectivity index is 0.00000338. The van der Waals surface area contributed by atoms with Gasteiger partial charge in [0.15, 0.2) is 5.96 Å². The third kappa shape index (κ3) is 7.92. The molecule has 1 amide bonds. The van der Waals surface area contributed by atoms with Crippen molar-refractivity contribution in [3.05, 3.63) is 51.2 Å². The molecular weight excluding hydrogens is 483 g/mol. The summed E-state index contributed by atoms with van der Waals surface area (Å²) in [5.41, 5.74) is 1.69. The fourth-order valence-electron chi connectivity index (χ4n) is 2.13. The van der Waals surface area contributed by atoms with Gasteiger partial charge in [0, 0.05) is 24.4 Å². The molecule has 0 aliphatic rings. The zero-order valence-corrected chi connectivity index (χ0v) is 18.7. The first-order chi connectivity index (χ1) is 12.1. The number of benzene rings is 1. The van der Waals surface area contributed by atoms with Gasteiger partial charge in [-0.3, -0.25) is 4.79 Å². The van der Waals surface area contributed by atoms with Crippen molar-refractivity contribution in [2.24, 2.45) is 4.99 Å². The average Bonchev–Trinajstić information content (AvgIpc) is 3.09. The molecule has 0 fully saturated rings. The molecule has 0 atom stereocenters. The zero-order valence-electron chi connectivity index (χ0n) is 14.8. The molecule has 0 saturated carbocycles. The van der Waals surface area contributed by atoms with E-state index in [2.05, 4.69) is 27.0 Å². The Hall–Kier alpha value is -1.32. The van der Waals surface area contributed by atoms with E-state index in [1.807, 2.05) is 43.5 Å². The van der Waals surface area contributed by atoms with Crippen LogP contribution in [0.25, 0.3) is 0 Å². The highest BCUT2D eigenvalue weighted by Crippen LogP contribution is 2.22. The van der Waals surface area contributed by atoms with Crippen LogP contribution in [-0.2, 0) is 11.3 Å². The van der Waals surface area contributed by atoms with Gasteiger partial charge >= 0.3 is 0 Å². The van der Waals surface area contributed by atoms with Gasteiger partial charge in [0.25, 0.3) is 0 Å². The number of rotatable bonds is 7. The summed E-state index contributed by atoms with van der Waals surface area (Å²) in [6.07, 6.45) is 0.327. The van der Waals surface area contributed by atoms with Gasteiger partial charge in [0.05, 0.1) is 17.3 Å². The highest BCUT2D eigenvalue weighted by molar-refractivity contribution is 14.0. The second-order valence-corrected chi connectivity index (χ2v) is 6.92. The van der Waals surface area contributed by atoms with E-state index in [0.717, 1.165) is 12.1 Å². The number of nitrogens with one attached hydrogen (secondary N) is 3. The van der Waals surface area contributed by atoms with Crippen molar-refractivity contribution in [2.45, 2.75) is 26.8 Å². The third-order valence-corrected chi connectivity index (χ3v) is 4.53. The molecule has 0 unspecified atom stereocenters. The molecule has 0 aliphatic carbocycles. The SMILES string of the molecule is CCNC(=NCc1cccs1)NCCC(=O)Nc1ccc(C)cc1Cl.I. The van der Waals surface area contributed by atoms with Crippen LogP contribution < -0.4 is 16.0 Å². The molecule has 5 nitrogen and oxygen atoms in total. The predicted molar refractivity (Wildman–Crippen MR) is 122 cm³/mol. The molecule has 0 spiro atoms. The average molecular weight is 507 g/mol. The Morgan fingerprint density at radius 1 is 1.27 bits per heavy atom. The Morgan fingerprint density at radius 2 is 2.08 bits per heavy atom. The number of hydrogen-bond acceptors (Lipinski definition) is 3. The van der Waals surface area contributed by atoms with E-state index in [0.29, 0.717) is 36.2 Å². The summed E-state index contributed by atoms with van der Waals surface area (Å²) in [4.78, 5) is 17.8. The van der Waals surface area contributed by atoms with Crippen molar-refractivity contribution in [3.8, 4) is 0 Å². The summed E-state index contributed by atoms with van der Waals surface area (Å²) in [5.74, 6) is 0.615. The van der Waals surface area contributed by atoms with E-state index < -0.39 is 0 Å². The molecule has 1 heterocycles. The molecule has 3 N–H and O–H groups in total. The summed E-state index contributed by atoms with van der Waals surface area (Å²) in [7, 11) is 0. The van der Waals surface area contributed by atoms with Crippen molar-refractivity contribution in [2.75, 3.05) is 18.4 Å². The Kier molecular flexibility index (Phi) is 10.6. The van der Waals surface area contributed by atoms with Crippen LogP contribution in [0.5, 0.6) is 0 Å². The minimum absolute atomic E-state index is 0. The Labute approximate surface area is 180 Å². The van der Waals surface area contributed by atoms with Crippen LogP contribution in [0.1, 0.15) is 23.8 Å². The largest absolute Gasteiger partial charge is 0.357 e. The van der Waals surface area contributed by atoms with Gasteiger partial charge in [0.1, 0.15) is 0 Å². The van der Waals surface area contributed by atoms with E-state index in [4.69, 9.17) is 11.6 Å². The number of guanidine groups is 1. The number of thiophene rings is 1. The lowest BCUT2D eigenvalue weighted by Gasteiger charge is -2.12. The number of anilines is 1. The maximum atomic E-state index is 12.1. The van der Waals surface area contributed by atoms with Crippen LogP contribution in [0.2, 0.25) is 5.02 Å². The number of amides is 1. The van der Waals surface area contributed by atoms with Gasteiger partial charge in [-0.1, -0.05) is 23.7 Å². The molecular formula is C18H24ClIN4OS. The Morgan fingerprint density at radius 3 is 2.73 bits per heavy atom. The number of hydrogen-bond donors (Lipinski definition) is 3. The topological polar surface area (TPSA) is 65.5 Å². The summed E-state index contributed by atoms with van der Waals surface area (Å²) in [6.45, 7) is 5.85. The molecule has 1 aromatic heterocycles. The summed E-state index contributed by atoms with van der Waals surface area (Å²) >= 11 is 7.81. The Bertz CT molecular complexity index is 722. The molecule has 0 radical (unpaired) electrons. The molecule has 26 heavy (non-hydrogen) atoms. The molecule has 0 bridgehead atoms. The fourth-order valence-corrected chi connectivity index (χ4v) is 3.04. The van der Waals surface area contributed by atoms with Crippen LogP contribution in [0.4, 0.5) is 5.69 Å². The van der Waals surface area contributed by atoms with E-state index in [1.54, 1.807) is 11.3 Å². The van der Waals surface area contributed by atoms with Gasteiger partial charge in [-0.15, -0.1) is 35.3 Å².